The summed E-state index contributed by atoms with van der Waals surface area (Å²) in [5.74, 6) is 1.19. The average Bonchev–Trinajstić information content (AvgIpc) is 3.24. The molecule has 0 fully saturated rings. The van der Waals surface area contributed by atoms with E-state index in [4.69, 9.17) is 9.47 Å². The van der Waals surface area contributed by atoms with E-state index in [2.05, 4.69) is 15.3 Å². The molecule has 0 radical (unpaired) electrons. The second-order valence-corrected chi connectivity index (χ2v) is 8.11. The van der Waals surface area contributed by atoms with Crippen LogP contribution >= 0.6 is 0 Å². The Morgan fingerprint density at radius 2 is 1.89 bits per heavy atom. The van der Waals surface area contributed by atoms with Crippen LogP contribution < -0.4 is 14.8 Å². The Kier molecular flexibility index (Phi) is 7.40. The fraction of sp³-hybridized carbons (Fsp3) is 0.222. The largest absolute Gasteiger partial charge is 0.493 e. The molecule has 0 saturated carbocycles. The number of hydrogen-bond acceptors (Lipinski definition) is 5. The number of carbonyl (C=O) groups excluding carboxylic acids is 2. The Labute approximate surface area is 202 Å². The van der Waals surface area contributed by atoms with Crippen LogP contribution in [0.15, 0.2) is 60.7 Å². The first kappa shape index (κ1) is 23.9. The Bertz CT molecular complexity index is 1370. The number of methoxy groups -OCH3 is 1. The van der Waals surface area contributed by atoms with Crippen molar-refractivity contribution >= 4 is 28.4 Å². The lowest BCUT2D eigenvalue weighted by molar-refractivity contribution is -0.116. The van der Waals surface area contributed by atoms with Gasteiger partial charge in [0.1, 0.15) is 11.6 Å². The van der Waals surface area contributed by atoms with E-state index in [-0.39, 0.29) is 23.9 Å². The summed E-state index contributed by atoms with van der Waals surface area (Å²) < 4.78 is 24.9. The number of carbonyl (C=O) groups is 2. The summed E-state index contributed by atoms with van der Waals surface area (Å²) in [6, 6.07) is 17.0. The molecule has 1 aromatic heterocycles. The van der Waals surface area contributed by atoms with E-state index in [0.717, 1.165) is 11.0 Å². The number of anilines is 1. The van der Waals surface area contributed by atoms with Crippen LogP contribution in [0.5, 0.6) is 11.5 Å². The van der Waals surface area contributed by atoms with Crippen LogP contribution in [0.4, 0.5) is 10.1 Å². The van der Waals surface area contributed by atoms with Gasteiger partial charge in [-0.25, -0.2) is 9.37 Å². The second-order valence-electron chi connectivity index (χ2n) is 8.11. The Hall–Kier alpha value is -4.20. The van der Waals surface area contributed by atoms with Gasteiger partial charge in [-0.3, -0.25) is 9.59 Å². The quantitative estimate of drug-likeness (QED) is 0.240. The number of H-pyrrole nitrogens is 1. The van der Waals surface area contributed by atoms with Gasteiger partial charge < -0.3 is 19.8 Å². The van der Waals surface area contributed by atoms with Gasteiger partial charge in [0.2, 0.25) is 5.91 Å². The molecule has 7 nitrogen and oxygen atoms in total. The molecule has 0 unspecified atom stereocenters. The summed E-state index contributed by atoms with van der Waals surface area (Å²) in [5.41, 5.74) is 3.26. The molecule has 180 valence electrons. The maximum Gasteiger partial charge on any atom is 0.224 e. The van der Waals surface area contributed by atoms with Crippen molar-refractivity contribution in [1.82, 2.24) is 9.97 Å². The van der Waals surface area contributed by atoms with Gasteiger partial charge in [0, 0.05) is 24.1 Å². The number of rotatable bonds is 10. The summed E-state index contributed by atoms with van der Waals surface area (Å²) in [6.07, 6.45) is 1.13. The second kappa shape index (κ2) is 10.8. The molecule has 8 heteroatoms. The third-order valence-corrected chi connectivity index (χ3v) is 5.51. The predicted octanol–water partition coefficient (Wildman–Crippen LogP) is 5.30. The lowest BCUT2D eigenvalue weighted by Crippen LogP contribution is -2.13. The van der Waals surface area contributed by atoms with Crippen molar-refractivity contribution in [2.75, 3.05) is 19.0 Å². The third kappa shape index (κ3) is 6.03. The number of Topliss-reactive ketones (excluding diaryl/α,β-unsaturated/α-hetero) is 1. The zero-order valence-electron chi connectivity index (χ0n) is 19.6. The van der Waals surface area contributed by atoms with Crippen LogP contribution in [0.25, 0.3) is 11.0 Å². The normalized spacial score (nSPS) is 10.8. The van der Waals surface area contributed by atoms with Crippen molar-refractivity contribution < 1.29 is 23.5 Å². The number of ketones is 1. The molecule has 0 atom stereocenters. The lowest BCUT2D eigenvalue weighted by Gasteiger charge is -2.11. The predicted molar refractivity (Wildman–Crippen MR) is 132 cm³/mol. The molecule has 0 saturated heterocycles. The standard InChI is InChI=1S/C27H26FN3O4/c1-17(32)18-9-12-24(25(14-18)34-2)35-13-5-8-27(33)29-20-10-11-22-23(16-20)31-26(30-22)15-19-6-3-4-7-21(19)28/h3-4,6-7,9-12,14,16H,5,8,13,15H2,1-2H3,(H,29,33)(H,30,31). The fourth-order valence-corrected chi connectivity index (χ4v) is 3.69. The average molecular weight is 476 g/mol. The monoisotopic (exact) mass is 475 g/mol. The molecular formula is C27H26FN3O4. The van der Waals surface area contributed by atoms with Gasteiger partial charge in [-0.05, 0) is 61.4 Å². The SMILES string of the molecule is COc1cc(C(C)=O)ccc1OCCCC(=O)Nc1ccc2nc(Cc3ccccc3F)[nH]c2c1. The van der Waals surface area contributed by atoms with Gasteiger partial charge in [0.25, 0.3) is 0 Å². The Balaban J connectivity index is 1.29. The highest BCUT2D eigenvalue weighted by Gasteiger charge is 2.11. The van der Waals surface area contributed by atoms with E-state index < -0.39 is 0 Å². The molecule has 3 aromatic carbocycles. The molecule has 0 bridgehead atoms. The van der Waals surface area contributed by atoms with E-state index in [1.54, 1.807) is 42.5 Å². The molecule has 1 heterocycles. The van der Waals surface area contributed by atoms with Crippen LogP contribution in [0.1, 0.15) is 41.5 Å². The zero-order valence-corrected chi connectivity index (χ0v) is 19.6. The van der Waals surface area contributed by atoms with Crippen LogP contribution in [-0.2, 0) is 11.2 Å². The van der Waals surface area contributed by atoms with E-state index in [9.17, 15) is 14.0 Å². The highest BCUT2D eigenvalue weighted by Crippen LogP contribution is 2.28. The molecule has 0 aliphatic rings. The lowest BCUT2D eigenvalue weighted by atomic mass is 10.1. The van der Waals surface area contributed by atoms with Crippen molar-refractivity contribution in [2.24, 2.45) is 0 Å². The molecule has 1 amide bonds. The minimum absolute atomic E-state index is 0.0545. The number of benzene rings is 3. The Morgan fingerprint density at radius 3 is 2.66 bits per heavy atom. The summed E-state index contributed by atoms with van der Waals surface area (Å²) in [6.45, 7) is 1.81. The summed E-state index contributed by atoms with van der Waals surface area (Å²) in [7, 11) is 1.51. The highest BCUT2D eigenvalue weighted by molar-refractivity contribution is 5.95. The van der Waals surface area contributed by atoms with Gasteiger partial charge in [0.05, 0.1) is 24.8 Å². The number of nitrogens with one attached hydrogen (secondary N) is 2. The molecule has 35 heavy (non-hydrogen) atoms. The van der Waals surface area contributed by atoms with E-state index in [1.165, 1.54) is 20.1 Å². The number of hydrogen-bond donors (Lipinski definition) is 2. The van der Waals surface area contributed by atoms with E-state index in [1.807, 2.05) is 12.1 Å². The fourth-order valence-electron chi connectivity index (χ4n) is 3.69. The van der Waals surface area contributed by atoms with E-state index >= 15 is 0 Å². The van der Waals surface area contributed by atoms with E-state index in [0.29, 0.717) is 53.6 Å². The number of ether oxygens (including phenoxy) is 2. The Morgan fingerprint density at radius 1 is 1.06 bits per heavy atom. The third-order valence-electron chi connectivity index (χ3n) is 5.51. The first-order valence-corrected chi connectivity index (χ1v) is 11.3. The summed E-state index contributed by atoms with van der Waals surface area (Å²) in [5, 5.41) is 2.88. The molecule has 2 N–H and O–H groups in total. The van der Waals surface area contributed by atoms with Crippen molar-refractivity contribution in [1.29, 1.82) is 0 Å². The maximum absolute atomic E-state index is 13.9. The maximum atomic E-state index is 13.9. The molecule has 4 rings (SSSR count). The van der Waals surface area contributed by atoms with Gasteiger partial charge >= 0.3 is 0 Å². The van der Waals surface area contributed by atoms with Crippen LogP contribution in [0.3, 0.4) is 0 Å². The summed E-state index contributed by atoms with van der Waals surface area (Å²) >= 11 is 0. The van der Waals surface area contributed by atoms with Crippen LogP contribution in [0, 0.1) is 5.82 Å². The number of halogens is 1. The first-order chi connectivity index (χ1) is 16.9. The topological polar surface area (TPSA) is 93.3 Å². The van der Waals surface area contributed by atoms with Gasteiger partial charge in [0.15, 0.2) is 17.3 Å². The van der Waals surface area contributed by atoms with Crippen LogP contribution in [-0.4, -0.2) is 35.4 Å². The number of nitrogens with zero attached hydrogens (tertiary/aromatic N) is 1. The van der Waals surface area contributed by atoms with Crippen LogP contribution in [0.2, 0.25) is 0 Å². The molecular weight excluding hydrogens is 449 g/mol. The summed E-state index contributed by atoms with van der Waals surface area (Å²) in [4.78, 5) is 31.6. The number of imidazole rings is 1. The van der Waals surface area contributed by atoms with Crippen molar-refractivity contribution in [3.63, 3.8) is 0 Å². The van der Waals surface area contributed by atoms with Gasteiger partial charge in [-0.15, -0.1) is 0 Å². The molecule has 0 aliphatic heterocycles. The van der Waals surface area contributed by atoms with Crippen molar-refractivity contribution in [2.45, 2.75) is 26.2 Å². The zero-order chi connectivity index (χ0) is 24.8. The first-order valence-electron chi connectivity index (χ1n) is 11.3. The molecule has 0 spiro atoms. The van der Waals surface area contributed by atoms with Crippen molar-refractivity contribution in [3.8, 4) is 11.5 Å². The molecule has 4 aromatic rings. The minimum atomic E-state index is -0.267. The molecule has 0 aliphatic carbocycles. The van der Waals surface area contributed by atoms with Crippen molar-refractivity contribution in [3.05, 3.63) is 83.4 Å². The number of aromatic amines is 1. The smallest absolute Gasteiger partial charge is 0.224 e. The van der Waals surface area contributed by atoms with Gasteiger partial charge in [-0.1, -0.05) is 18.2 Å². The number of fused-ring (bicyclic) bond motifs is 1. The minimum Gasteiger partial charge on any atom is -0.493 e. The van der Waals surface area contributed by atoms with Gasteiger partial charge in [-0.2, -0.15) is 0 Å². The highest BCUT2D eigenvalue weighted by atomic mass is 19.1. The number of amides is 1. The number of aromatic nitrogens is 2.